The van der Waals surface area contributed by atoms with Crippen molar-refractivity contribution in [1.29, 1.82) is 0 Å². The molecule has 0 amide bonds. The van der Waals surface area contributed by atoms with E-state index in [9.17, 15) is 4.79 Å². The monoisotopic (exact) mass is 371 g/mol. The Morgan fingerprint density at radius 1 is 1.00 bits per heavy atom. The maximum atomic E-state index is 13.2. The fourth-order valence-corrected chi connectivity index (χ4v) is 5.40. The number of rotatable bonds is 5. The molecular formula is C21H29N3OS. The van der Waals surface area contributed by atoms with E-state index in [0.717, 1.165) is 41.2 Å². The molecule has 0 unspecified atom stereocenters. The van der Waals surface area contributed by atoms with E-state index < -0.39 is 0 Å². The van der Waals surface area contributed by atoms with Gasteiger partial charge in [0.1, 0.15) is 0 Å². The second-order valence-corrected chi connectivity index (χ2v) is 8.69. The first kappa shape index (κ1) is 18.1. The Balaban J connectivity index is 1.59. The molecule has 26 heavy (non-hydrogen) atoms. The molecule has 2 fully saturated rings. The zero-order chi connectivity index (χ0) is 17.8. The van der Waals surface area contributed by atoms with E-state index in [-0.39, 0.29) is 5.56 Å². The summed E-state index contributed by atoms with van der Waals surface area (Å²) >= 11 is 1.77. The molecule has 140 valence electrons. The smallest absolute Gasteiger partial charge is 0.262 e. The minimum Gasteiger partial charge on any atom is -0.303 e. The molecule has 1 aliphatic carbocycles. The average Bonchev–Trinajstić information content (AvgIpc) is 2.70. The van der Waals surface area contributed by atoms with E-state index in [1.165, 1.54) is 51.6 Å². The summed E-state index contributed by atoms with van der Waals surface area (Å²) in [5.74, 6) is 1.01. The lowest BCUT2D eigenvalue weighted by molar-refractivity contribution is 0.242. The Morgan fingerprint density at radius 2 is 1.73 bits per heavy atom. The SMILES string of the molecule is O=c1c2ccccc2nc(SCCN2CCCCC2)n1C1CCCCC1. The number of benzene rings is 1. The van der Waals surface area contributed by atoms with Crippen molar-refractivity contribution >= 4 is 22.7 Å². The lowest BCUT2D eigenvalue weighted by Crippen LogP contribution is -2.32. The molecule has 2 heterocycles. The minimum absolute atomic E-state index is 0.156. The first-order valence-electron chi connectivity index (χ1n) is 10.2. The maximum absolute atomic E-state index is 13.2. The van der Waals surface area contributed by atoms with Gasteiger partial charge in [-0.15, -0.1) is 0 Å². The van der Waals surface area contributed by atoms with Crippen molar-refractivity contribution in [3.8, 4) is 0 Å². The summed E-state index contributed by atoms with van der Waals surface area (Å²) < 4.78 is 2.03. The third-order valence-corrected chi connectivity index (χ3v) is 6.74. The first-order valence-corrected chi connectivity index (χ1v) is 11.2. The fraction of sp³-hybridized carbons (Fsp3) is 0.619. The van der Waals surface area contributed by atoms with Crippen LogP contribution in [0.3, 0.4) is 0 Å². The third-order valence-electron chi connectivity index (χ3n) is 5.80. The zero-order valence-corrected chi connectivity index (χ0v) is 16.3. The first-order chi connectivity index (χ1) is 12.8. The van der Waals surface area contributed by atoms with Gasteiger partial charge in [-0.05, 0) is 50.9 Å². The van der Waals surface area contributed by atoms with Gasteiger partial charge in [0.2, 0.25) is 0 Å². The van der Waals surface area contributed by atoms with Crippen LogP contribution in [0.5, 0.6) is 0 Å². The average molecular weight is 372 g/mol. The van der Waals surface area contributed by atoms with Gasteiger partial charge >= 0.3 is 0 Å². The summed E-state index contributed by atoms with van der Waals surface area (Å²) in [6.45, 7) is 3.54. The van der Waals surface area contributed by atoms with E-state index in [1.54, 1.807) is 11.8 Å². The third kappa shape index (κ3) is 3.99. The maximum Gasteiger partial charge on any atom is 0.262 e. The molecule has 2 aliphatic rings. The summed E-state index contributed by atoms with van der Waals surface area (Å²) in [5.41, 5.74) is 0.994. The molecule has 1 saturated carbocycles. The molecule has 0 radical (unpaired) electrons. The topological polar surface area (TPSA) is 38.1 Å². The summed E-state index contributed by atoms with van der Waals surface area (Å²) in [6, 6.07) is 8.13. The highest BCUT2D eigenvalue weighted by Crippen LogP contribution is 2.31. The molecule has 1 saturated heterocycles. The van der Waals surface area contributed by atoms with Crippen LogP contribution in [0.4, 0.5) is 0 Å². The van der Waals surface area contributed by atoms with Gasteiger partial charge in [0.15, 0.2) is 5.16 Å². The molecular weight excluding hydrogens is 342 g/mol. The van der Waals surface area contributed by atoms with E-state index >= 15 is 0 Å². The van der Waals surface area contributed by atoms with Gasteiger partial charge in [-0.1, -0.05) is 49.6 Å². The molecule has 0 N–H and O–H groups in total. The van der Waals surface area contributed by atoms with Crippen molar-refractivity contribution in [3.05, 3.63) is 34.6 Å². The molecule has 0 spiro atoms. The number of piperidine rings is 1. The molecule has 0 bridgehead atoms. The van der Waals surface area contributed by atoms with E-state index in [0.29, 0.717) is 6.04 Å². The zero-order valence-electron chi connectivity index (χ0n) is 15.5. The normalized spacial score (nSPS) is 19.8. The highest BCUT2D eigenvalue weighted by Gasteiger charge is 2.22. The molecule has 4 rings (SSSR count). The van der Waals surface area contributed by atoms with Crippen LogP contribution in [-0.4, -0.2) is 39.8 Å². The van der Waals surface area contributed by atoms with Crippen LogP contribution in [0.25, 0.3) is 10.9 Å². The molecule has 1 aromatic heterocycles. The standard InChI is InChI=1S/C21H29N3OS/c25-20-18-11-5-6-12-19(18)22-21(24(20)17-9-3-1-4-10-17)26-16-15-23-13-7-2-8-14-23/h5-6,11-12,17H,1-4,7-10,13-16H2. The molecule has 2 aromatic rings. The van der Waals surface area contributed by atoms with Gasteiger partial charge in [-0.25, -0.2) is 4.98 Å². The summed E-state index contributed by atoms with van der Waals surface area (Å²) in [6.07, 6.45) is 9.99. The molecule has 1 aliphatic heterocycles. The van der Waals surface area contributed by atoms with Crippen molar-refractivity contribution in [2.75, 3.05) is 25.4 Å². The van der Waals surface area contributed by atoms with Crippen molar-refractivity contribution in [2.24, 2.45) is 0 Å². The van der Waals surface area contributed by atoms with E-state index in [1.807, 2.05) is 28.8 Å². The Hall–Kier alpha value is -1.33. The quantitative estimate of drug-likeness (QED) is 0.574. The number of hydrogen-bond acceptors (Lipinski definition) is 4. The van der Waals surface area contributed by atoms with Crippen molar-refractivity contribution < 1.29 is 0 Å². The van der Waals surface area contributed by atoms with Gasteiger partial charge in [0.05, 0.1) is 10.9 Å². The van der Waals surface area contributed by atoms with Crippen molar-refractivity contribution in [1.82, 2.24) is 14.5 Å². The predicted molar refractivity (Wildman–Crippen MR) is 109 cm³/mol. The van der Waals surface area contributed by atoms with Crippen LogP contribution in [0.2, 0.25) is 0 Å². The second-order valence-electron chi connectivity index (χ2n) is 7.63. The number of thioether (sulfide) groups is 1. The fourth-order valence-electron chi connectivity index (χ4n) is 4.34. The van der Waals surface area contributed by atoms with Gasteiger partial charge in [0.25, 0.3) is 5.56 Å². The lowest BCUT2D eigenvalue weighted by atomic mass is 9.95. The Labute approximate surface area is 160 Å². The van der Waals surface area contributed by atoms with E-state index in [2.05, 4.69) is 4.90 Å². The summed E-state index contributed by atoms with van der Waals surface area (Å²) in [5, 5.41) is 1.69. The molecule has 5 heteroatoms. The van der Waals surface area contributed by atoms with Crippen LogP contribution in [0.1, 0.15) is 57.4 Å². The van der Waals surface area contributed by atoms with Gasteiger partial charge in [0, 0.05) is 18.3 Å². The van der Waals surface area contributed by atoms with Crippen LogP contribution in [-0.2, 0) is 0 Å². The van der Waals surface area contributed by atoms with Crippen LogP contribution < -0.4 is 5.56 Å². The van der Waals surface area contributed by atoms with Gasteiger partial charge in [-0.3, -0.25) is 9.36 Å². The number of aromatic nitrogens is 2. The molecule has 4 nitrogen and oxygen atoms in total. The summed E-state index contributed by atoms with van der Waals surface area (Å²) in [4.78, 5) is 20.7. The number of nitrogens with zero attached hydrogens (tertiary/aromatic N) is 3. The highest BCUT2D eigenvalue weighted by atomic mass is 32.2. The Morgan fingerprint density at radius 3 is 2.54 bits per heavy atom. The summed E-state index contributed by atoms with van der Waals surface area (Å²) in [7, 11) is 0. The molecule has 1 aromatic carbocycles. The van der Waals surface area contributed by atoms with Crippen molar-refractivity contribution in [3.63, 3.8) is 0 Å². The number of likely N-dealkylation sites (tertiary alicyclic amines) is 1. The highest BCUT2D eigenvalue weighted by molar-refractivity contribution is 7.99. The largest absolute Gasteiger partial charge is 0.303 e. The van der Waals surface area contributed by atoms with Gasteiger partial charge in [-0.2, -0.15) is 0 Å². The Kier molecular flexibility index (Phi) is 5.95. The van der Waals surface area contributed by atoms with Gasteiger partial charge < -0.3 is 4.90 Å². The van der Waals surface area contributed by atoms with Crippen LogP contribution >= 0.6 is 11.8 Å². The number of para-hydroxylation sites is 1. The van der Waals surface area contributed by atoms with E-state index in [4.69, 9.17) is 4.98 Å². The predicted octanol–water partition coefficient (Wildman–Crippen LogP) is 4.48. The Bertz CT molecular complexity index is 791. The van der Waals surface area contributed by atoms with Crippen molar-refractivity contribution in [2.45, 2.75) is 62.6 Å². The molecule has 0 atom stereocenters. The minimum atomic E-state index is 0.156. The van der Waals surface area contributed by atoms with Crippen LogP contribution in [0.15, 0.2) is 34.2 Å². The van der Waals surface area contributed by atoms with Crippen LogP contribution in [0, 0.1) is 0 Å². The second kappa shape index (κ2) is 8.57. The number of fused-ring (bicyclic) bond motifs is 1. The number of hydrogen-bond donors (Lipinski definition) is 0. The lowest BCUT2D eigenvalue weighted by Gasteiger charge is -2.27.